The van der Waals surface area contributed by atoms with Crippen molar-refractivity contribution in [3.05, 3.63) is 0 Å². The van der Waals surface area contributed by atoms with Gasteiger partial charge in [0, 0.05) is 20.2 Å². The van der Waals surface area contributed by atoms with Crippen LogP contribution in [0.15, 0.2) is 0 Å². The predicted octanol–water partition coefficient (Wildman–Crippen LogP) is 1.29. The zero-order chi connectivity index (χ0) is 12.3. The van der Waals surface area contributed by atoms with Gasteiger partial charge in [-0.3, -0.25) is 4.79 Å². The summed E-state index contributed by atoms with van der Waals surface area (Å²) in [5.74, 6) is 0.104. The van der Waals surface area contributed by atoms with Gasteiger partial charge in [0.25, 0.3) is 0 Å². The Morgan fingerprint density at radius 3 is 2.65 bits per heavy atom. The average molecular weight is 240 g/mol. The minimum absolute atomic E-state index is 0.104. The van der Waals surface area contributed by atoms with E-state index in [1.165, 1.54) is 6.42 Å². The number of hydrogen-bond acceptors (Lipinski definition) is 3. The molecule has 1 aliphatic carbocycles. The Morgan fingerprint density at radius 2 is 2.06 bits per heavy atom. The van der Waals surface area contributed by atoms with Crippen LogP contribution in [0, 0.1) is 0 Å². The third kappa shape index (κ3) is 2.99. The van der Waals surface area contributed by atoms with Crippen molar-refractivity contribution in [1.29, 1.82) is 0 Å². The number of nitrogens with two attached hydrogens (primary N) is 1. The minimum atomic E-state index is -0.606. The molecule has 0 aromatic rings. The quantitative estimate of drug-likeness (QED) is 0.808. The third-order valence-corrected chi connectivity index (χ3v) is 4.02. The van der Waals surface area contributed by atoms with Crippen molar-refractivity contribution in [3.63, 3.8) is 0 Å². The highest BCUT2D eigenvalue weighted by molar-refractivity contribution is 5.86. The molecule has 2 fully saturated rings. The Hall–Kier alpha value is -0.610. The SMILES string of the molecule is CN(CC1CCCO1)C(=O)C1(N)CCCCC1. The van der Waals surface area contributed by atoms with E-state index in [9.17, 15) is 4.79 Å². The molecule has 2 rings (SSSR count). The summed E-state index contributed by atoms with van der Waals surface area (Å²) >= 11 is 0. The lowest BCUT2D eigenvalue weighted by Crippen LogP contribution is -2.56. The fraction of sp³-hybridized carbons (Fsp3) is 0.923. The van der Waals surface area contributed by atoms with Crippen molar-refractivity contribution < 1.29 is 9.53 Å². The van der Waals surface area contributed by atoms with Gasteiger partial charge in [0.1, 0.15) is 0 Å². The van der Waals surface area contributed by atoms with Crippen LogP contribution in [0.3, 0.4) is 0 Å². The van der Waals surface area contributed by atoms with E-state index < -0.39 is 5.54 Å². The Morgan fingerprint density at radius 1 is 1.35 bits per heavy atom. The van der Waals surface area contributed by atoms with E-state index in [0.29, 0.717) is 6.54 Å². The highest BCUT2D eigenvalue weighted by Crippen LogP contribution is 2.27. The van der Waals surface area contributed by atoms with Crippen LogP contribution in [0.2, 0.25) is 0 Å². The van der Waals surface area contributed by atoms with Gasteiger partial charge in [-0.15, -0.1) is 0 Å². The monoisotopic (exact) mass is 240 g/mol. The van der Waals surface area contributed by atoms with Crippen LogP contribution < -0.4 is 5.73 Å². The van der Waals surface area contributed by atoms with Crippen LogP contribution in [-0.2, 0) is 9.53 Å². The van der Waals surface area contributed by atoms with Gasteiger partial charge < -0.3 is 15.4 Å². The Balaban J connectivity index is 1.88. The molecule has 4 nitrogen and oxygen atoms in total. The van der Waals surface area contributed by atoms with E-state index in [-0.39, 0.29) is 12.0 Å². The largest absolute Gasteiger partial charge is 0.376 e. The lowest BCUT2D eigenvalue weighted by molar-refractivity contribution is -0.138. The van der Waals surface area contributed by atoms with Crippen LogP contribution >= 0.6 is 0 Å². The maximum atomic E-state index is 12.4. The lowest BCUT2D eigenvalue weighted by atomic mass is 9.81. The second-order valence-electron chi connectivity index (χ2n) is 5.54. The first-order valence-electron chi connectivity index (χ1n) is 6.78. The van der Waals surface area contributed by atoms with Gasteiger partial charge in [-0.2, -0.15) is 0 Å². The Kier molecular flexibility index (Phi) is 4.05. The van der Waals surface area contributed by atoms with E-state index in [1.54, 1.807) is 4.90 Å². The molecule has 0 aromatic heterocycles. The van der Waals surface area contributed by atoms with Gasteiger partial charge in [-0.25, -0.2) is 0 Å². The second kappa shape index (κ2) is 5.36. The van der Waals surface area contributed by atoms with Gasteiger partial charge in [0.2, 0.25) is 5.91 Å². The highest BCUT2D eigenvalue weighted by atomic mass is 16.5. The normalized spacial score (nSPS) is 28.0. The highest BCUT2D eigenvalue weighted by Gasteiger charge is 2.37. The summed E-state index contributed by atoms with van der Waals surface area (Å²) < 4.78 is 5.56. The summed E-state index contributed by atoms with van der Waals surface area (Å²) in [5, 5.41) is 0. The van der Waals surface area contributed by atoms with Gasteiger partial charge in [-0.1, -0.05) is 19.3 Å². The molecule has 0 aromatic carbocycles. The van der Waals surface area contributed by atoms with E-state index >= 15 is 0 Å². The van der Waals surface area contributed by atoms with Crippen LogP contribution in [0.25, 0.3) is 0 Å². The fourth-order valence-electron chi connectivity index (χ4n) is 2.95. The van der Waals surface area contributed by atoms with Crippen molar-refractivity contribution in [2.75, 3.05) is 20.2 Å². The fourth-order valence-corrected chi connectivity index (χ4v) is 2.95. The van der Waals surface area contributed by atoms with Gasteiger partial charge in [0.15, 0.2) is 0 Å². The van der Waals surface area contributed by atoms with E-state index in [0.717, 1.165) is 45.1 Å². The van der Waals surface area contributed by atoms with Gasteiger partial charge in [-0.05, 0) is 25.7 Å². The Labute approximate surface area is 103 Å². The maximum Gasteiger partial charge on any atom is 0.242 e. The molecule has 2 N–H and O–H groups in total. The molecule has 1 saturated heterocycles. The van der Waals surface area contributed by atoms with E-state index in [1.807, 2.05) is 7.05 Å². The van der Waals surface area contributed by atoms with Gasteiger partial charge >= 0.3 is 0 Å². The molecule has 0 spiro atoms. The number of nitrogens with zero attached hydrogens (tertiary/aromatic N) is 1. The Bertz CT molecular complexity index is 269. The summed E-state index contributed by atoms with van der Waals surface area (Å²) in [5.41, 5.74) is 5.64. The molecule has 1 aliphatic heterocycles. The van der Waals surface area contributed by atoms with Gasteiger partial charge in [0.05, 0.1) is 11.6 Å². The van der Waals surface area contributed by atoms with Crippen LogP contribution in [-0.4, -0.2) is 42.6 Å². The zero-order valence-electron chi connectivity index (χ0n) is 10.8. The molecule has 2 aliphatic rings. The summed E-state index contributed by atoms with van der Waals surface area (Å²) in [6.07, 6.45) is 7.43. The molecule has 0 bridgehead atoms. The first kappa shape index (κ1) is 12.8. The molecule has 98 valence electrons. The molecule has 1 amide bonds. The second-order valence-corrected chi connectivity index (χ2v) is 5.54. The third-order valence-electron chi connectivity index (χ3n) is 4.02. The van der Waals surface area contributed by atoms with Crippen molar-refractivity contribution in [2.24, 2.45) is 5.73 Å². The first-order chi connectivity index (χ1) is 8.12. The lowest BCUT2D eigenvalue weighted by Gasteiger charge is -2.36. The van der Waals surface area contributed by atoms with E-state index in [2.05, 4.69) is 0 Å². The van der Waals surface area contributed by atoms with Crippen molar-refractivity contribution in [2.45, 2.75) is 56.6 Å². The average Bonchev–Trinajstić information content (AvgIpc) is 2.81. The maximum absolute atomic E-state index is 12.4. The number of hydrogen-bond donors (Lipinski definition) is 1. The number of likely N-dealkylation sites (N-methyl/N-ethyl adjacent to an activating group) is 1. The molecule has 0 radical (unpaired) electrons. The number of rotatable bonds is 3. The molecule has 1 atom stereocenters. The molecule has 1 saturated carbocycles. The summed E-state index contributed by atoms with van der Waals surface area (Å²) in [4.78, 5) is 14.1. The minimum Gasteiger partial charge on any atom is -0.376 e. The zero-order valence-corrected chi connectivity index (χ0v) is 10.8. The van der Waals surface area contributed by atoms with Crippen molar-refractivity contribution in [1.82, 2.24) is 4.90 Å². The molecule has 4 heteroatoms. The molecule has 17 heavy (non-hydrogen) atoms. The topological polar surface area (TPSA) is 55.6 Å². The van der Waals surface area contributed by atoms with Crippen molar-refractivity contribution in [3.8, 4) is 0 Å². The van der Waals surface area contributed by atoms with E-state index in [4.69, 9.17) is 10.5 Å². The standard InChI is InChI=1S/C13H24N2O2/c1-15(10-11-6-5-9-17-11)12(16)13(14)7-3-2-4-8-13/h11H,2-10,14H2,1H3. The molecular weight excluding hydrogens is 216 g/mol. The first-order valence-corrected chi connectivity index (χ1v) is 6.78. The number of ether oxygens (including phenoxy) is 1. The smallest absolute Gasteiger partial charge is 0.242 e. The summed E-state index contributed by atoms with van der Waals surface area (Å²) in [6.45, 7) is 1.53. The number of carbonyl (C=O) groups is 1. The van der Waals surface area contributed by atoms with Crippen molar-refractivity contribution >= 4 is 5.91 Å². The van der Waals surface area contributed by atoms with Crippen LogP contribution in [0.5, 0.6) is 0 Å². The summed E-state index contributed by atoms with van der Waals surface area (Å²) in [7, 11) is 1.85. The molecule has 1 unspecified atom stereocenters. The number of carbonyl (C=O) groups excluding carboxylic acids is 1. The molecule has 1 heterocycles. The van der Waals surface area contributed by atoms with Crippen LogP contribution in [0.1, 0.15) is 44.9 Å². The summed E-state index contributed by atoms with van der Waals surface area (Å²) in [6, 6.07) is 0. The molecular formula is C13H24N2O2. The predicted molar refractivity (Wildman–Crippen MR) is 66.6 cm³/mol. The number of amides is 1. The van der Waals surface area contributed by atoms with Crippen LogP contribution in [0.4, 0.5) is 0 Å².